The molecule has 4 nitrogen and oxygen atoms in total. The van der Waals surface area contributed by atoms with Crippen LogP contribution in [0.4, 0.5) is 0 Å². The summed E-state index contributed by atoms with van der Waals surface area (Å²) in [6.45, 7) is 2.51. The molecule has 0 radical (unpaired) electrons. The van der Waals surface area contributed by atoms with E-state index in [0.717, 1.165) is 24.8 Å². The molecular formula is C11H16O4. The molecule has 15 heavy (non-hydrogen) atoms. The number of ether oxygens (including phenoxy) is 2. The van der Waals surface area contributed by atoms with Gasteiger partial charge in [0, 0.05) is 18.1 Å². The molecule has 0 amide bonds. The second kappa shape index (κ2) is 6.22. The van der Waals surface area contributed by atoms with E-state index in [4.69, 9.17) is 4.74 Å². The lowest BCUT2D eigenvalue weighted by Crippen LogP contribution is -2.08. The van der Waals surface area contributed by atoms with Crippen molar-refractivity contribution in [2.75, 3.05) is 13.2 Å². The van der Waals surface area contributed by atoms with Crippen LogP contribution in [-0.4, -0.2) is 25.2 Å². The van der Waals surface area contributed by atoms with Crippen LogP contribution < -0.4 is 0 Å². The van der Waals surface area contributed by atoms with Gasteiger partial charge < -0.3 is 9.47 Å². The molecule has 0 aliphatic carbocycles. The second-order valence-electron chi connectivity index (χ2n) is 3.53. The average Bonchev–Trinajstić information content (AvgIpc) is 2.62. The summed E-state index contributed by atoms with van der Waals surface area (Å²) in [4.78, 5) is 21.9. The molecule has 0 spiro atoms. The van der Waals surface area contributed by atoms with Crippen LogP contribution in [0.2, 0.25) is 0 Å². The van der Waals surface area contributed by atoms with Crippen molar-refractivity contribution in [3.8, 4) is 0 Å². The Morgan fingerprint density at radius 3 is 2.93 bits per heavy atom. The van der Waals surface area contributed by atoms with Gasteiger partial charge in [0.1, 0.15) is 13.2 Å². The van der Waals surface area contributed by atoms with Gasteiger partial charge in [-0.05, 0) is 6.42 Å². The lowest BCUT2D eigenvalue weighted by Gasteiger charge is -2.03. The minimum atomic E-state index is -0.355. The van der Waals surface area contributed by atoms with Crippen LogP contribution in [0.15, 0.2) is 11.6 Å². The van der Waals surface area contributed by atoms with E-state index in [2.05, 4.69) is 11.7 Å². The first-order chi connectivity index (χ1) is 7.22. The molecule has 84 valence electrons. The van der Waals surface area contributed by atoms with E-state index < -0.39 is 0 Å². The number of hydrogen-bond donors (Lipinski definition) is 0. The molecule has 1 rings (SSSR count). The molecule has 0 unspecified atom stereocenters. The summed E-state index contributed by atoms with van der Waals surface area (Å²) < 4.78 is 9.65. The van der Waals surface area contributed by atoms with Gasteiger partial charge in [-0.1, -0.05) is 19.8 Å². The predicted molar refractivity (Wildman–Crippen MR) is 54.1 cm³/mol. The van der Waals surface area contributed by atoms with E-state index in [1.807, 2.05) is 0 Å². The number of esters is 2. The fraction of sp³-hybridized carbons (Fsp3) is 0.636. The molecule has 1 aliphatic rings. The lowest BCUT2D eigenvalue weighted by molar-refractivity contribution is -0.142. The maximum atomic E-state index is 11.2. The summed E-state index contributed by atoms with van der Waals surface area (Å²) in [5, 5.41) is 0. The molecule has 0 saturated carbocycles. The van der Waals surface area contributed by atoms with Crippen LogP contribution in [0.1, 0.15) is 32.6 Å². The maximum Gasteiger partial charge on any atom is 0.331 e. The fourth-order valence-corrected chi connectivity index (χ4v) is 1.26. The first-order valence-electron chi connectivity index (χ1n) is 5.24. The Bertz CT molecular complexity index is 268. The number of unbranched alkanes of at least 4 members (excludes halogenated alkanes) is 2. The van der Waals surface area contributed by atoms with Crippen molar-refractivity contribution in [3.05, 3.63) is 11.6 Å². The SMILES string of the molecule is CCCCCC(=O)OCC1=CC(=O)OC1. The van der Waals surface area contributed by atoms with Crippen LogP contribution >= 0.6 is 0 Å². The molecule has 0 bridgehead atoms. The maximum absolute atomic E-state index is 11.2. The Labute approximate surface area is 89.2 Å². The normalized spacial score (nSPS) is 14.7. The molecule has 1 heterocycles. The van der Waals surface area contributed by atoms with Gasteiger partial charge in [0.15, 0.2) is 0 Å². The average molecular weight is 212 g/mol. The van der Waals surface area contributed by atoms with Crippen LogP contribution in [0.5, 0.6) is 0 Å². The van der Waals surface area contributed by atoms with Gasteiger partial charge in [0.25, 0.3) is 0 Å². The number of cyclic esters (lactones) is 1. The summed E-state index contributed by atoms with van der Waals surface area (Å²) in [6, 6.07) is 0. The Morgan fingerprint density at radius 1 is 1.53 bits per heavy atom. The van der Waals surface area contributed by atoms with Gasteiger partial charge >= 0.3 is 11.9 Å². The molecule has 0 N–H and O–H groups in total. The van der Waals surface area contributed by atoms with Crippen molar-refractivity contribution >= 4 is 11.9 Å². The Balaban J connectivity index is 2.11. The third-order valence-corrected chi connectivity index (χ3v) is 2.12. The Hall–Kier alpha value is -1.32. The van der Waals surface area contributed by atoms with Gasteiger partial charge in [0.2, 0.25) is 0 Å². The predicted octanol–water partition coefficient (Wildman–Crippen LogP) is 1.59. The molecule has 0 atom stereocenters. The lowest BCUT2D eigenvalue weighted by atomic mass is 10.2. The highest BCUT2D eigenvalue weighted by Crippen LogP contribution is 2.07. The summed E-state index contributed by atoms with van der Waals surface area (Å²) >= 11 is 0. The van der Waals surface area contributed by atoms with E-state index in [-0.39, 0.29) is 25.2 Å². The van der Waals surface area contributed by atoms with Crippen molar-refractivity contribution in [3.63, 3.8) is 0 Å². The van der Waals surface area contributed by atoms with Crippen molar-refractivity contribution in [1.29, 1.82) is 0 Å². The van der Waals surface area contributed by atoms with Crippen molar-refractivity contribution in [1.82, 2.24) is 0 Å². The van der Waals surface area contributed by atoms with Crippen molar-refractivity contribution in [2.45, 2.75) is 32.6 Å². The summed E-state index contributed by atoms with van der Waals surface area (Å²) in [5.74, 6) is -0.560. The summed E-state index contributed by atoms with van der Waals surface area (Å²) in [5.41, 5.74) is 0.726. The number of carbonyl (C=O) groups excluding carboxylic acids is 2. The first kappa shape index (κ1) is 11.8. The fourth-order valence-electron chi connectivity index (χ4n) is 1.26. The molecule has 0 aromatic heterocycles. The highest BCUT2D eigenvalue weighted by molar-refractivity contribution is 5.85. The van der Waals surface area contributed by atoms with Gasteiger partial charge in [-0.15, -0.1) is 0 Å². The standard InChI is InChI=1S/C11H16O4/c1-2-3-4-5-10(12)14-7-9-6-11(13)15-8-9/h6H,2-5,7-8H2,1H3. The minimum Gasteiger partial charge on any atom is -0.461 e. The first-order valence-corrected chi connectivity index (χ1v) is 5.24. The second-order valence-corrected chi connectivity index (χ2v) is 3.53. The summed E-state index contributed by atoms with van der Waals surface area (Å²) in [6.07, 6.45) is 4.82. The van der Waals surface area contributed by atoms with Gasteiger partial charge in [-0.2, -0.15) is 0 Å². The number of hydrogen-bond acceptors (Lipinski definition) is 4. The highest BCUT2D eigenvalue weighted by atomic mass is 16.5. The zero-order valence-corrected chi connectivity index (χ0v) is 8.95. The van der Waals surface area contributed by atoms with E-state index in [0.29, 0.717) is 6.42 Å². The largest absolute Gasteiger partial charge is 0.461 e. The zero-order valence-electron chi connectivity index (χ0n) is 8.95. The number of carbonyl (C=O) groups is 2. The Kier molecular flexibility index (Phi) is 4.87. The topological polar surface area (TPSA) is 52.6 Å². The number of rotatable bonds is 6. The van der Waals surface area contributed by atoms with Crippen molar-refractivity contribution < 1.29 is 19.1 Å². The quantitative estimate of drug-likeness (QED) is 0.495. The molecule has 0 saturated heterocycles. The molecular weight excluding hydrogens is 196 g/mol. The monoisotopic (exact) mass is 212 g/mol. The van der Waals surface area contributed by atoms with Crippen molar-refractivity contribution in [2.24, 2.45) is 0 Å². The van der Waals surface area contributed by atoms with E-state index >= 15 is 0 Å². The Morgan fingerprint density at radius 2 is 2.33 bits per heavy atom. The summed E-state index contributed by atoms with van der Waals surface area (Å²) in [7, 11) is 0. The van der Waals surface area contributed by atoms with E-state index in [1.165, 1.54) is 6.08 Å². The van der Waals surface area contributed by atoms with Crippen LogP contribution in [0.3, 0.4) is 0 Å². The molecule has 0 fully saturated rings. The smallest absolute Gasteiger partial charge is 0.331 e. The van der Waals surface area contributed by atoms with Crippen LogP contribution in [0, 0.1) is 0 Å². The molecule has 0 aromatic carbocycles. The third kappa shape index (κ3) is 4.63. The van der Waals surface area contributed by atoms with Gasteiger partial charge in [-0.25, -0.2) is 4.79 Å². The molecule has 0 aromatic rings. The third-order valence-electron chi connectivity index (χ3n) is 2.12. The highest BCUT2D eigenvalue weighted by Gasteiger charge is 2.14. The van der Waals surface area contributed by atoms with Gasteiger partial charge in [-0.3, -0.25) is 4.79 Å². The molecule has 1 aliphatic heterocycles. The van der Waals surface area contributed by atoms with E-state index in [1.54, 1.807) is 0 Å². The van der Waals surface area contributed by atoms with Crippen LogP contribution in [0.25, 0.3) is 0 Å². The van der Waals surface area contributed by atoms with Gasteiger partial charge in [0.05, 0.1) is 0 Å². The molecule has 4 heteroatoms. The zero-order chi connectivity index (χ0) is 11.1. The van der Waals surface area contributed by atoms with E-state index in [9.17, 15) is 9.59 Å². The minimum absolute atomic E-state index is 0.177. The van der Waals surface area contributed by atoms with Crippen LogP contribution in [-0.2, 0) is 19.1 Å².